The second kappa shape index (κ2) is 6.71. The molecule has 0 aromatic rings. The van der Waals surface area contributed by atoms with Crippen molar-refractivity contribution >= 4 is 11.9 Å². The van der Waals surface area contributed by atoms with E-state index in [1.54, 1.807) is 0 Å². The minimum Gasteiger partial charge on any atom is -0.467 e. The van der Waals surface area contributed by atoms with Gasteiger partial charge in [0.25, 0.3) is 0 Å². The lowest BCUT2D eigenvalue weighted by molar-refractivity contribution is -0.181. The van der Waals surface area contributed by atoms with Gasteiger partial charge in [0.05, 0.1) is 20.3 Å². The van der Waals surface area contributed by atoms with Gasteiger partial charge < -0.3 is 19.1 Å². The molecule has 1 aliphatic rings. The van der Waals surface area contributed by atoms with Crippen LogP contribution < -0.4 is 0 Å². The topological polar surface area (TPSA) is 65.1 Å². The van der Waals surface area contributed by atoms with E-state index in [2.05, 4.69) is 9.47 Å². The van der Waals surface area contributed by atoms with Gasteiger partial charge in [0.1, 0.15) is 13.2 Å². The van der Waals surface area contributed by atoms with E-state index in [1.165, 1.54) is 0 Å². The monoisotopic (exact) mass is 285 g/mol. The molecular weight excluding hydrogens is 271 g/mol. The smallest absolute Gasteiger partial charge is 0.411 e. The Morgan fingerprint density at radius 1 is 1.42 bits per heavy atom. The summed E-state index contributed by atoms with van der Waals surface area (Å²) in [6, 6.07) is -0.944. The molecule has 6 nitrogen and oxygen atoms in total. The fourth-order valence-electron chi connectivity index (χ4n) is 1.57. The maximum Gasteiger partial charge on any atom is 0.411 e. The fraction of sp³-hybridized carbons (Fsp3) is 0.800. The summed E-state index contributed by atoms with van der Waals surface area (Å²) in [5.41, 5.74) is 0. The minimum atomic E-state index is -4.49. The van der Waals surface area contributed by atoms with Gasteiger partial charge in [-0.1, -0.05) is 0 Å². The number of carbonyl (C=O) groups excluding carboxylic acids is 2. The Balaban J connectivity index is 2.50. The molecule has 0 N–H and O–H groups in total. The number of hydrogen-bond acceptors (Lipinski definition) is 5. The molecule has 0 aromatic heterocycles. The third kappa shape index (κ3) is 5.03. The number of hydrogen-bond donors (Lipinski definition) is 0. The fourth-order valence-corrected chi connectivity index (χ4v) is 1.57. The standard InChI is InChI=1S/C10H14F3NO5/c1-17-9(16)7-4-18-3-2-14(7)8(15)5-19-6-10(11,12)13/h7H,2-6H2,1H3. The Hall–Kier alpha value is -1.35. The summed E-state index contributed by atoms with van der Waals surface area (Å²) in [4.78, 5) is 24.2. The lowest BCUT2D eigenvalue weighted by atomic mass is 10.2. The van der Waals surface area contributed by atoms with Crippen molar-refractivity contribution in [3.8, 4) is 0 Å². The highest BCUT2D eigenvalue weighted by molar-refractivity contribution is 5.85. The second-order valence-corrected chi connectivity index (χ2v) is 3.81. The van der Waals surface area contributed by atoms with Crippen LogP contribution in [0.25, 0.3) is 0 Å². The van der Waals surface area contributed by atoms with Crippen LogP contribution in [0.15, 0.2) is 0 Å². The number of alkyl halides is 3. The van der Waals surface area contributed by atoms with Crippen molar-refractivity contribution in [1.82, 2.24) is 4.90 Å². The van der Waals surface area contributed by atoms with Crippen molar-refractivity contribution in [2.45, 2.75) is 12.2 Å². The molecule has 0 saturated carbocycles. The van der Waals surface area contributed by atoms with Crippen LogP contribution in [0.4, 0.5) is 13.2 Å². The first-order valence-corrected chi connectivity index (χ1v) is 5.44. The quantitative estimate of drug-likeness (QED) is 0.678. The van der Waals surface area contributed by atoms with Crippen LogP contribution in [0.1, 0.15) is 0 Å². The van der Waals surface area contributed by atoms with Crippen LogP contribution in [0.5, 0.6) is 0 Å². The van der Waals surface area contributed by atoms with Gasteiger partial charge in [-0.2, -0.15) is 13.2 Å². The summed E-state index contributed by atoms with van der Waals surface area (Å²) in [5, 5.41) is 0. The predicted molar refractivity (Wildman–Crippen MR) is 55.2 cm³/mol. The van der Waals surface area contributed by atoms with Gasteiger partial charge in [0.15, 0.2) is 6.04 Å². The zero-order valence-corrected chi connectivity index (χ0v) is 10.2. The minimum absolute atomic E-state index is 0.0440. The van der Waals surface area contributed by atoms with Gasteiger partial charge in [-0.25, -0.2) is 4.79 Å². The average molecular weight is 285 g/mol. The van der Waals surface area contributed by atoms with Gasteiger partial charge in [-0.3, -0.25) is 4.79 Å². The zero-order chi connectivity index (χ0) is 14.5. The molecule has 0 bridgehead atoms. The van der Waals surface area contributed by atoms with Crippen molar-refractivity contribution in [1.29, 1.82) is 0 Å². The summed E-state index contributed by atoms with van der Waals surface area (Å²) < 4.78 is 49.4. The van der Waals surface area contributed by atoms with Crippen molar-refractivity contribution < 1.29 is 37.0 Å². The first kappa shape index (κ1) is 15.7. The van der Waals surface area contributed by atoms with Gasteiger partial charge in [0.2, 0.25) is 5.91 Å². The Morgan fingerprint density at radius 2 is 2.11 bits per heavy atom. The molecule has 1 aliphatic heterocycles. The average Bonchev–Trinajstić information content (AvgIpc) is 2.36. The molecule has 19 heavy (non-hydrogen) atoms. The highest BCUT2D eigenvalue weighted by Crippen LogP contribution is 2.15. The molecule has 9 heteroatoms. The summed E-state index contributed by atoms with van der Waals surface area (Å²) in [7, 11) is 1.15. The summed E-state index contributed by atoms with van der Waals surface area (Å²) in [6.45, 7) is -1.98. The molecule has 1 saturated heterocycles. The number of esters is 1. The highest BCUT2D eigenvalue weighted by atomic mass is 19.4. The molecular formula is C10H14F3NO5. The van der Waals surface area contributed by atoms with Crippen LogP contribution in [-0.2, 0) is 23.8 Å². The van der Waals surface area contributed by atoms with E-state index < -0.39 is 37.3 Å². The Bertz CT molecular complexity index is 334. The number of halogens is 3. The SMILES string of the molecule is COC(=O)C1COCCN1C(=O)COCC(F)(F)F. The van der Waals surface area contributed by atoms with Crippen molar-refractivity contribution in [3.05, 3.63) is 0 Å². The molecule has 1 fully saturated rings. The van der Waals surface area contributed by atoms with E-state index in [0.717, 1.165) is 12.0 Å². The lowest BCUT2D eigenvalue weighted by Crippen LogP contribution is -2.54. The molecule has 0 spiro atoms. The number of nitrogens with zero attached hydrogens (tertiary/aromatic N) is 1. The number of ether oxygens (including phenoxy) is 3. The Kier molecular flexibility index (Phi) is 5.55. The van der Waals surface area contributed by atoms with E-state index in [1.807, 2.05) is 0 Å². The molecule has 1 heterocycles. The molecule has 0 radical (unpaired) electrons. The second-order valence-electron chi connectivity index (χ2n) is 3.81. The molecule has 110 valence electrons. The third-order valence-corrected chi connectivity index (χ3v) is 2.41. The molecule has 1 atom stereocenters. The van der Waals surface area contributed by atoms with Crippen LogP contribution in [0.3, 0.4) is 0 Å². The summed E-state index contributed by atoms with van der Waals surface area (Å²) >= 11 is 0. The van der Waals surface area contributed by atoms with Crippen molar-refractivity contribution in [3.63, 3.8) is 0 Å². The molecule has 0 aliphatic carbocycles. The van der Waals surface area contributed by atoms with Crippen molar-refractivity contribution in [2.75, 3.05) is 40.1 Å². The van der Waals surface area contributed by atoms with Crippen LogP contribution in [0, 0.1) is 0 Å². The lowest BCUT2D eigenvalue weighted by Gasteiger charge is -2.33. The Labute approximate surface area is 107 Å². The van der Waals surface area contributed by atoms with Crippen LogP contribution in [-0.4, -0.2) is 69.1 Å². The number of carbonyl (C=O) groups is 2. The first-order chi connectivity index (χ1) is 8.85. The molecule has 1 unspecified atom stereocenters. The maximum atomic E-state index is 11.9. The van der Waals surface area contributed by atoms with E-state index in [9.17, 15) is 22.8 Å². The van der Waals surface area contributed by atoms with E-state index in [-0.39, 0.29) is 19.8 Å². The molecule has 1 rings (SSSR count). The molecule has 0 aromatic carbocycles. The number of amides is 1. The predicted octanol–water partition coefficient (Wildman–Crippen LogP) is -0.0343. The first-order valence-electron chi connectivity index (χ1n) is 5.44. The van der Waals surface area contributed by atoms with Crippen LogP contribution >= 0.6 is 0 Å². The normalized spacial score (nSPS) is 20.2. The highest BCUT2D eigenvalue weighted by Gasteiger charge is 2.34. The number of morpholine rings is 1. The van der Waals surface area contributed by atoms with Crippen molar-refractivity contribution in [2.24, 2.45) is 0 Å². The zero-order valence-electron chi connectivity index (χ0n) is 10.2. The Morgan fingerprint density at radius 3 is 2.68 bits per heavy atom. The van der Waals surface area contributed by atoms with Gasteiger partial charge in [-0.15, -0.1) is 0 Å². The number of rotatable bonds is 4. The molecule has 1 amide bonds. The van der Waals surface area contributed by atoms with E-state index in [0.29, 0.717) is 0 Å². The maximum absolute atomic E-state index is 11.9. The summed E-state index contributed by atoms with van der Waals surface area (Å²) in [6.07, 6.45) is -4.49. The largest absolute Gasteiger partial charge is 0.467 e. The summed E-state index contributed by atoms with van der Waals surface area (Å²) in [5.74, 6) is -1.38. The van der Waals surface area contributed by atoms with Gasteiger partial charge >= 0.3 is 12.1 Å². The van der Waals surface area contributed by atoms with Gasteiger partial charge in [0, 0.05) is 6.54 Å². The third-order valence-electron chi connectivity index (χ3n) is 2.41. The van der Waals surface area contributed by atoms with E-state index >= 15 is 0 Å². The van der Waals surface area contributed by atoms with Gasteiger partial charge in [-0.05, 0) is 0 Å². The van der Waals surface area contributed by atoms with E-state index in [4.69, 9.17) is 4.74 Å². The van der Waals surface area contributed by atoms with Crippen LogP contribution in [0.2, 0.25) is 0 Å². The number of methoxy groups -OCH3 is 1.